The molecule has 0 aromatic rings. The van der Waals surface area contributed by atoms with Gasteiger partial charge in [-0.05, 0) is 67.6 Å². The molecule has 4 aliphatic carbocycles. The van der Waals surface area contributed by atoms with Gasteiger partial charge >= 0.3 is 0 Å². The van der Waals surface area contributed by atoms with Crippen molar-refractivity contribution in [3.8, 4) is 0 Å². The molecular formula is C20H30O2. The van der Waals surface area contributed by atoms with Crippen molar-refractivity contribution >= 4 is 5.78 Å². The Bertz CT molecular complexity index is 536. The molecule has 0 spiro atoms. The highest BCUT2D eigenvalue weighted by Gasteiger charge is 2.60. The number of allylic oxidation sites excluding steroid dienone is 1. The molecule has 0 radical (unpaired) electrons. The summed E-state index contributed by atoms with van der Waals surface area (Å²) in [5.74, 6) is 2.51. The molecule has 2 heteroatoms. The lowest BCUT2D eigenvalue weighted by Gasteiger charge is -2.58. The van der Waals surface area contributed by atoms with E-state index in [9.17, 15) is 9.90 Å². The van der Waals surface area contributed by atoms with Gasteiger partial charge in [0.15, 0.2) is 0 Å². The van der Waals surface area contributed by atoms with Gasteiger partial charge in [-0.2, -0.15) is 0 Å². The van der Waals surface area contributed by atoms with E-state index in [2.05, 4.69) is 26.8 Å². The molecule has 3 fully saturated rings. The van der Waals surface area contributed by atoms with E-state index >= 15 is 0 Å². The number of Topliss-reactive ketones (excluding diaryl/α,β-unsaturated/α-hetero) is 1. The van der Waals surface area contributed by atoms with E-state index in [1.54, 1.807) is 0 Å². The second-order valence-electron chi connectivity index (χ2n) is 9.16. The SMILES string of the molecule is C[C@H]1CC[C@@]2(C)C(=C[C@H](O)C3C2CC[C@]2(C)C(=O)CCC32)C1. The van der Waals surface area contributed by atoms with Crippen molar-refractivity contribution in [3.05, 3.63) is 11.6 Å². The minimum atomic E-state index is -0.325. The molecule has 1 N–H and O–H groups in total. The lowest BCUT2D eigenvalue weighted by atomic mass is 9.47. The quantitative estimate of drug-likeness (QED) is 0.683. The second-order valence-corrected chi connectivity index (χ2v) is 9.16. The zero-order chi connectivity index (χ0) is 15.7. The normalized spacial score (nSPS) is 54.3. The molecule has 0 aromatic heterocycles. The highest BCUT2D eigenvalue weighted by molar-refractivity contribution is 5.87. The van der Waals surface area contributed by atoms with Gasteiger partial charge in [-0.1, -0.05) is 32.4 Å². The van der Waals surface area contributed by atoms with Gasteiger partial charge in [-0.25, -0.2) is 0 Å². The average molecular weight is 302 g/mol. The zero-order valence-corrected chi connectivity index (χ0v) is 14.3. The van der Waals surface area contributed by atoms with Gasteiger partial charge in [-0.3, -0.25) is 4.79 Å². The summed E-state index contributed by atoms with van der Waals surface area (Å²) in [6.07, 6.45) is 9.53. The van der Waals surface area contributed by atoms with Crippen LogP contribution in [0.3, 0.4) is 0 Å². The molecule has 0 bridgehead atoms. The van der Waals surface area contributed by atoms with E-state index in [1.165, 1.54) is 18.4 Å². The summed E-state index contributed by atoms with van der Waals surface area (Å²) < 4.78 is 0. The Morgan fingerprint density at radius 3 is 2.55 bits per heavy atom. The number of aliphatic hydroxyl groups excluding tert-OH is 1. The van der Waals surface area contributed by atoms with E-state index in [4.69, 9.17) is 0 Å². The molecule has 0 saturated heterocycles. The Labute approximate surface area is 134 Å². The largest absolute Gasteiger partial charge is 0.389 e. The molecule has 3 unspecified atom stereocenters. The van der Waals surface area contributed by atoms with E-state index in [0.29, 0.717) is 23.5 Å². The zero-order valence-electron chi connectivity index (χ0n) is 14.3. The Morgan fingerprint density at radius 2 is 1.77 bits per heavy atom. The number of rotatable bonds is 0. The van der Waals surface area contributed by atoms with E-state index < -0.39 is 0 Å². The van der Waals surface area contributed by atoms with Crippen molar-refractivity contribution in [2.45, 2.75) is 71.8 Å². The first-order valence-corrected chi connectivity index (χ1v) is 9.29. The molecule has 0 aliphatic heterocycles. The van der Waals surface area contributed by atoms with E-state index in [-0.39, 0.29) is 16.9 Å². The van der Waals surface area contributed by atoms with Gasteiger partial charge in [-0.15, -0.1) is 0 Å². The van der Waals surface area contributed by atoms with Crippen molar-refractivity contribution in [1.29, 1.82) is 0 Å². The molecule has 2 nitrogen and oxygen atoms in total. The lowest BCUT2D eigenvalue weighted by molar-refractivity contribution is -0.135. The predicted molar refractivity (Wildman–Crippen MR) is 87.3 cm³/mol. The minimum absolute atomic E-state index is 0.147. The molecule has 122 valence electrons. The van der Waals surface area contributed by atoms with E-state index in [0.717, 1.165) is 38.0 Å². The van der Waals surface area contributed by atoms with Crippen LogP contribution in [0, 0.1) is 34.5 Å². The number of fused-ring (bicyclic) bond motifs is 5. The Hall–Kier alpha value is -0.630. The van der Waals surface area contributed by atoms with Crippen LogP contribution in [0.15, 0.2) is 11.6 Å². The summed E-state index contributed by atoms with van der Waals surface area (Å²) in [5.41, 5.74) is 1.66. The maximum Gasteiger partial charge on any atom is 0.139 e. The van der Waals surface area contributed by atoms with Crippen LogP contribution in [0.4, 0.5) is 0 Å². The first-order valence-electron chi connectivity index (χ1n) is 9.29. The topological polar surface area (TPSA) is 37.3 Å². The van der Waals surface area contributed by atoms with Crippen LogP contribution >= 0.6 is 0 Å². The third-order valence-electron chi connectivity index (χ3n) is 8.08. The van der Waals surface area contributed by atoms with Crippen molar-refractivity contribution < 1.29 is 9.90 Å². The van der Waals surface area contributed by atoms with Crippen molar-refractivity contribution in [1.82, 2.24) is 0 Å². The first kappa shape index (κ1) is 14.9. The van der Waals surface area contributed by atoms with Gasteiger partial charge in [0, 0.05) is 11.8 Å². The monoisotopic (exact) mass is 302 g/mol. The number of aliphatic hydroxyl groups is 1. The molecule has 7 atom stereocenters. The standard InChI is InChI=1S/C20H30O2/c1-12-6-8-19(2)13(10-12)11-16(21)18-14-4-5-17(22)20(14,3)9-7-15(18)19/h11-12,14-16,18,21H,4-10H2,1-3H3/t12-,14?,15?,16-,18?,19-,20-/m0/s1. The highest BCUT2D eigenvalue weighted by Crippen LogP contribution is 2.64. The summed E-state index contributed by atoms with van der Waals surface area (Å²) in [5, 5.41) is 10.9. The summed E-state index contributed by atoms with van der Waals surface area (Å²) in [6.45, 7) is 6.97. The van der Waals surface area contributed by atoms with Crippen LogP contribution in [0.25, 0.3) is 0 Å². The third-order valence-corrected chi connectivity index (χ3v) is 8.08. The molecule has 22 heavy (non-hydrogen) atoms. The predicted octanol–water partition coefficient (Wildman–Crippen LogP) is 4.13. The second kappa shape index (κ2) is 4.69. The maximum absolute atomic E-state index is 12.4. The van der Waals surface area contributed by atoms with Gasteiger partial charge in [0.2, 0.25) is 0 Å². The Morgan fingerprint density at radius 1 is 1.09 bits per heavy atom. The Balaban J connectivity index is 1.75. The van der Waals surface area contributed by atoms with Crippen molar-refractivity contribution in [2.75, 3.05) is 0 Å². The van der Waals surface area contributed by atoms with Crippen LogP contribution in [-0.4, -0.2) is 17.0 Å². The molecule has 4 rings (SSSR count). The van der Waals surface area contributed by atoms with Crippen LogP contribution in [0.2, 0.25) is 0 Å². The molecular weight excluding hydrogens is 272 g/mol. The minimum Gasteiger partial charge on any atom is -0.389 e. The van der Waals surface area contributed by atoms with Crippen LogP contribution in [-0.2, 0) is 4.79 Å². The highest BCUT2D eigenvalue weighted by atomic mass is 16.3. The molecule has 4 aliphatic rings. The average Bonchev–Trinajstić information content (AvgIpc) is 2.77. The summed E-state index contributed by atoms with van der Waals surface area (Å²) >= 11 is 0. The van der Waals surface area contributed by atoms with Crippen LogP contribution in [0.5, 0.6) is 0 Å². The smallest absolute Gasteiger partial charge is 0.139 e. The van der Waals surface area contributed by atoms with Crippen molar-refractivity contribution in [3.63, 3.8) is 0 Å². The third kappa shape index (κ3) is 1.79. The van der Waals surface area contributed by atoms with Gasteiger partial charge < -0.3 is 5.11 Å². The molecule has 0 amide bonds. The number of hydrogen-bond acceptors (Lipinski definition) is 2. The maximum atomic E-state index is 12.4. The Kier molecular flexibility index (Phi) is 3.18. The van der Waals surface area contributed by atoms with Gasteiger partial charge in [0.25, 0.3) is 0 Å². The molecule has 3 saturated carbocycles. The van der Waals surface area contributed by atoms with Gasteiger partial charge in [0.05, 0.1) is 6.10 Å². The first-order chi connectivity index (χ1) is 10.4. The fraction of sp³-hybridized carbons (Fsp3) is 0.850. The fourth-order valence-electron chi connectivity index (χ4n) is 6.60. The van der Waals surface area contributed by atoms with Crippen LogP contribution in [0.1, 0.15) is 65.7 Å². The lowest BCUT2D eigenvalue weighted by Crippen LogP contribution is -2.54. The number of carbonyl (C=O) groups is 1. The number of carbonyl (C=O) groups excluding carboxylic acids is 1. The van der Waals surface area contributed by atoms with Gasteiger partial charge in [0.1, 0.15) is 5.78 Å². The van der Waals surface area contributed by atoms with Crippen molar-refractivity contribution in [2.24, 2.45) is 34.5 Å². The fourth-order valence-corrected chi connectivity index (χ4v) is 6.60. The molecule has 0 heterocycles. The molecule has 0 aromatic carbocycles. The summed E-state index contributed by atoms with van der Waals surface area (Å²) in [6, 6.07) is 0. The summed E-state index contributed by atoms with van der Waals surface area (Å²) in [7, 11) is 0. The number of ketones is 1. The van der Waals surface area contributed by atoms with Crippen LogP contribution < -0.4 is 0 Å². The number of hydrogen-bond donors (Lipinski definition) is 1. The van der Waals surface area contributed by atoms with E-state index in [1.807, 2.05) is 0 Å². The summed E-state index contributed by atoms with van der Waals surface area (Å²) in [4.78, 5) is 12.4.